The molecule has 0 spiro atoms. The van der Waals surface area contributed by atoms with E-state index in [1.165, 1.54) is 0 Å². The van der Waals surface area contributed by atoms with Gasteiger partial charge in [0.15, 0.2) is 0 Å². The average molecular weight is 607 g/mol. The molecule has 0 saturated heterocycles. The molecule has 0 saturated carbocycles. The highest BCUT2D eigenvalue weighted by atomic mass is 16.6. The Morgan fingerprint density at radius 2 is 0.977 bits per heavy atom. The normalized spacial score (nSPS) is 13.4. The zero-order valence-electron chi connectivity index (χ0n) is 28.4. The first kappa shape index (κ1) is 38.0. The van der Waals surface area contributed by atoms with Gasteiger partial charge < -0.3 is 18.9 Å². The molecule has 0 heterocycles. The molecule has 0 N–H and O–H groups in total. The van der Waals surface area contributed by atoms with Crippen LogP contribution in [0.15, 0.2) is 30.3 Å². The highest BCUT2D eigenvalue weighted by Gasteiger charge is 2.34. The van der Waals surface area contributed by atoms with E-state index in [1.807, 2.05) is 30.3 Å². The van der Waals surface area contributed by atoms with Crippen LogP contribution in [0.5, 0.6) is 0 Å². The molecular weight excluding hydrogens is 552 g/mol. The summed E-state index contributed by atoms with van der Waals surface area (Å²) in [7, 11) is 0. The number of ether oxygens (including phenoxy) is 4. The lowest BCUT2D eigenvalue weighted by Gasteiger charge is -2.34. The summed E-state index contributed by atoms with van der Waals surface area (Å²) >= 11 is 0. The van der Waals surface area contributed by atoms with Crippen molar-refractivity contribution < 1.29 is 38.1 Å². The summed E-state index contributed by atoms with van der Waals surface area (Å²) in [5.74, 6) is -2.03. The van der Waals surface area contributed by atoms with E-state index >= 15 is 0 Å². The predicted molar refractivity (Wildman–Crippen MR) is 165 cm³/mol. The molecule has 1 aromatic rings. The van der Waals surface area contributed by atoms with Crippen molar-refractivity contribution in [2.24, 2.45) is 0 Å². The molecule has 10 heteroatoms. The monoisotopic (exact) mass is 606 g/mol. The zero-order valence-corrected chi connectivity index (χ0v) is 28.4. The Morgan fingerprint density at radius 3 is 1.37 bits per heavy atom. The minimum atomic E-state index is -0.848. The van der Waals surface area contributed by atoms with Gasteiger partial charge in [0.2, 0.25) is 0 Å². The predicted octanol–water partition coefficient (Wildman–Crippen LogP) is 4.57. The van der Waals surface area contributed by atoms with Gasteiger partial charge in [0.25, 0.3) is 0 Å². The smallest absolute Gasteiger partial charge is 0.324 e. The van der Waals surface area contributed by atoms with Gasteiger partial charge in [-0.15, -0.1) is 0 Å². The quantitative estimate of drug-likeness (QED) is 0.234. The third kappa shape index (κ3) is 18.3. The molecule has 0 aliphatic carbocycles. The molecule has 244 valence electrons. The van der Waals surface area contributed by atoms with Crippen LogP contribution >= 0.6 is 0 Å². The topological polar surface area (TPSA) is 112 Å². The van der Waals surface area contributed by atoms with E-state index in [0.717, 1.165) is 5.56 Å². The molecule has 0 bridgehead atoms. The maximum absolute atomic E-state index is 13.6. The van der Waals surface area contributed by atoms with Gasteiger partial charge in [-0.25, -0.2) is 0 Å². The molecule has 0 fully saturated rings. The van der Waals surface area contributed by atoms with Crippen molar-refractivity contribution in [3.63, 3.8) is 0 Å². The van der Waals surface area contributed by atoms with Gasteiger partial charge in [0.05, 0.1) is 19.6 Å². The summed E-state index contributed by atoms with van der Waals surface area (Å²) in [6.07, 6.45) is 0.274. The van der Waals surface area contributed by atoms with Gasteiger partial charge in [0.1, 0.15) is 28.4 Å². The maximum Gasteiger partial charge on any atom is 0.324 e. The van der Waals surface area contributed by atoms with E-state index in [0.29, 0.717) is 0 Å². The number of benzene rings is 1. The van der Waals surface area contributed by atoms with E-state index in [4.69, 9.17) is 18.9 Å². The maximum atomic E-state index is 13.6. The van der Waals surface area contributed by atoms with Crippen molar-refractivity contribution in [3.05, 3.63) is 35.9 Å². The van der Waals surface area contributed by atoms with E-state index in [-0.39, 0.29) is 39.1 Å². The number of hydrogen-bond acceptors (Lipinski definition) is 10. The fourth-order valence-corrected chi connectivity index (χ4v) is 4.05. The van der Waals surface area contributed by atoms with Crippen LogP contribution in [0.2, 0.25) is 0 Å². The number of carbonyl (C=O) groups excluding carboxylic acids is 4. The fourth-order valence-electron chi connectivity index (χ4n) is 4.05. The van der Waals surface area contributed by atoms with Crippen LogP contribution in [0.4, 0.5) is 0 Å². The number of rotatable bonds is 13. The Kier molecular flexibility index (Phi) is 13.9. The number of esters is 4. The minimum absolute atomic E-state index is 0.140. The molecule has 0 amide bonds. The van der Waals surface area contributed by atoms with Gasteiger partial charge in [-0.1, -0.05) is 30.3 Å². The van der Waals surface area contributed by atoms with Crippen molar-refractivity contribution in [1.82, 2.24) is 9.80 Å². The average Bonchev–Trinajstić information content (AvgIpc) is 2.75. The lowest BCUT2D eigenvalue weighted by Crippen LogP contribution is -2.51. The van der Waals surface area contributed by atoms with Gasteiger partial charge in [0, 0.05) is 13.1 Å². The SMILES string of the molecule is CC(C)(C)OC(=O)CN(CCN(CC(=O)OC(C)(C)C)C(Cc1ccccc1)C(=O)OC(C)(C)C)CC(=O)OC(C)(C)C. The summed E-state index contributed by atoms with van der Waals surface area (Å²) in [6.45, 7) is 21.0. The van der Waals surface area contributed by atoms with Crippen LogP contribution < -0.4 is 0 Å². The van der Waals surface area contributed by atoms with Crippen LogP contribution in [0.3, 0.4) is 0 Å². The molecule has 1 aromatic carbocycles. The van der Waals surface area contributed by atoms with Crippen molar-refractivity contribution in [1.29, 1.82) is 0 Å². The Bertz CT molecular complexity index is 1030. The first-order valence-corrected chi connectivity index (χ1v) is 14.8. The van der Waals surface area contributed by atoms with Crippen molar-refractivity contribution >= 4 is 23.9 Å². The van der Waals surface area contributed by atoms with E-state index in [9.17, 15) is 19.2 Å². The molecule has 1 unspecified atom stereocenters. The fraction of sp³-hybridized carbons (Fsp3) is 0.697. The summed E-state index contributed by atoms with van der Waals surface area (Å²) in [5.41, 5.74) is -2.04. The van der Waals surface area contributed by atoms with Gasteiger partial charge in [-0.2, -0.15) is 0 Å². The third-order valence-corrected chi connectivity index (χ3v) is 5.39. The molecular formula is C33H54N2O8. The Morgan fingerprint density at radius 1 is 0.581 bits per heavy atom. The number of carbonyl (C=O) groups is 4. The standard InChI is InChI=1S/C33H54N2O8/c1-30(2,3)40-26(36)21-34(22-27(37)41-31(4,5)6)18-19-35(23-28(38)42-32(7,8)9)25(29(39)43-33(10,11)12)20-24-16-14-13-15-17-24/h13-17,25H,18-23H2,1-12H3. The lowest BCUT2D eigenvalue weighted by molar-refractivity contribution is -0.167. The second-order valence-electron chi connectivity index (χ2n) is 14.7. The molecule has 43 heavy (non-hydrogen) atoms. The first-order chi connectivity index (χ1) is 19.4. The van der Waals surface area contributed by atoms with Crippen LogP contribution in [0, 0.1) is 0 Å². The van der Waals surface area contributed by atoms with E-state index in [1.54, 1.807) is 92.9 Å². The van der Waals surface area contributed by atoms with Crippen molar-refractivity contribution in [2.45, 2.75) is 118 Å². The van der Waals surface area contributed by atoms with Gasteiger partial charge in [-0.3, -0.25) is 29.0 Å². The number of nitrogens with zero attached hydrogens (tertiary/aromatic N) is 2. The van der Waals surface area contributed by atoms with E-state index < -0.39 is 52.3 Å². The Balaban J connectivity index is 3.40. The van der Waals surface area contributed by atoms with Crippen molar-refractivity contribution in [2.75, 3.05) is 32.7 Å². The molecule has 0 aliphatic rings. The van der Waals surface area contributed by atoms with Crippen LogP contribution in [-0.2, 0) is 44.5 Å². The second-order valence-corrected chi connectivity index (χ2v) is 14.7. The molecule has 0 radical (unpaired) electrons. The largest absolute Gasteiger partial charge is 0.459 e. The van der Waals surface area contributed by atoms with Gasteiger partial charge in [-0.05, 0) is 95.1 Å². The highest BCUT2D eigenvalue weighted by molar-refractivity contribution is 5.79. The Hall–Kier alpha value is -2.98. The summed E-state index contributed by atoms with van der Waals surface area (Å²) in [4.78, 5) is 55.5. The van der Waals surface area contributed by atoms with Crippen LogP contribution in [-0.4, -0.2) is 94.8 Å². The van der Waals surface area contributed by atoms with Crippen LogP contribution in [0.1, 0.15) is 88.6 Å². The minimum Gasteiger partial charge on any atom is -0.459 e. The zero-order chi connectivity index (χ0) is 33.2. The first-order valence-electron chi connectivity index (χ1n) is 14.8. The third-order valence-electron chi connectivity index (χ3n) is 5.39. The van der Waals surface area contributed by atoms with E-state index in [2.05, 4.69) is 0 Å². The van der Waals surface area contributed by atoms with Crippen LogP contribution in [0.25, 0.3) is 0 Å². The molecule has 0 aliphatic heterocycles. The summed E-state index contributed by atoms with van der Waals surface area (Å²) < 4.78 is 22.4. The summed E-state index contributed by atoms with van der Waals surface area (Å²) in [5, 5.41) is 0. The molecule has 10 nitrogen and oxygen atoms in total. The Labute approximate surface area is 258 Å². The summed E-state index contributed by atoms with van der Waals surface area (Å²) in [6, 6.07) is 8.60. The van der Waals surface area contributed by atoms with Gasteiger partial charge >= 0.3 is 23.9 Å². The van der Waals surface area contributed by atoms with Crippen molar-refractivity contribution in [3.8, 4) is 0 Å². The number of hydrogen-bond donors (Lipinski definition) is 0. The highest BCUT2D eigenvalue weighted by Crippen LogP contribution is 2.18. The molecule has 1 atom stereocenters. The molecule has 0 aromatic heterocycles. The molecule has 1 rings (SSSR count). The lowest BCUT2D eigenvalue weighted by atomic mass is 10.0. The second kappa shape index (κ2) is 15.7.